The first kappa shape index (κ1) is 17.1. The maximum Gasteiger partial charge on any atom is 0.271 e. The number of hydrazone groups is 1. The molecule has 3 rings (SSSR count). The Morgan fingerprint density at radius 3 is 2.64 bits per heavy atom. The number of aromatic nitrogens is 2. The first-order valence-corrected chi connectivity index (χ1v) is 7.99. The average molecular weight is 375 g/mol. The summed E-state index contributed by atoms with van der Waals surface area (Å²) in [4.78, 5) is 28.6. The van der Waals surface area contributed by atoms with E-state index < -0.39 is 5.91 Å². The minimum absolute atomic E-state index is 0.0124. The molecule has 2 heterocycles. The Kier molecular flexibility index (Phi) is 4.83. The van der Waals surface area contributed by atoms with Crippen LogP contribution in [0.3, 0.4) is 0 Å². The van der Waals surface area contributed by atoms with E-state index in [1.807, 2.05) is 13.0 Å². The lowest BCUT2D eigenvalue weighted by atomic mass is 10.2. The van der Waals surface area contributed by atoms with Gasteiger partial charge in [-0.2, -0.15) is 5.10 Å². The second-order valence-corrected chi connectivity index (χ2v) is 6.06. The van der Waals surface area contributed by atoms with E-state index in [0.29, 0.717) is 16.2 Å². The Hall–Kier alpha value is -2.70. The number of hydrogen-bond acceptors (Lipinski definition) is 4. The van der Waals surface area contributed by atoms with Crippen LogP contribution in [0, 0.1) is 6.92 Å². The summed E-state index contributed by atoms with van der Waals surface area (Å²) in [6.45, 7) is 1.86. The summed E-state index contributed by atoms with van der Waals surface area (Å²) >= 11 is 11.8. The molecule has 0 saturated carbocycles. The highest BCUT2D eigenvalue weighted by Gasteiger charge is 2.10. The third-order valence-electron chi connectivity index (χ3n) is 3.43. The van der Waals surface area contributed by atoms with E-state index in [9.17, 15) is 9.59 Å². The van der Waals surface area contributed by atoms with E-state index >= 15 is 0 Å². The van der Waals surface area contributed by atoms with Gasteiger partial charge in [0.1, 0.15) is 10.8 Å². The van der Waals surface area contributed by atoms with Gasteiger partial charge in [0.25, 0.3) is 11.5 Å². The Bertz CT molecular complexity index is 1040. The summed E-state index contributed by atoms with van der Waals surface area (Å²) < 4.78 is 1.38. The van der Waals surface area contributed by atoms with Crippen LogP contribution in [-0.2, 0) is 0 Å². The second-order valence-electron chi connectivity index (χ2n) is 5.26. The molecule has 1 aromatic carbocycles. The van der Waals surface area contributed by atoms with E-state index in [0.717, 1.165) is 5.56 Å². The lowest BCUT2D eigenvalue weighted by Crippen LogP contribution is -2.22. The highest BCUT2D eigenvalue weighted by molar-refractivity contribution is 6.32. The molecule has 3 aromatic rings. The number of benzene rings is 1. The van der Waals surface area contributed by atoms with Gasteiger partial charge in [-0.25, -0.2) is 10.4 Å². The van der Waals surface area contributed by atoms with Crippen molar-refractivity contribution in [2.75, 3.05) is 0 Å². The van der Waals surface area contributed by atoms with Gasteiger partial charge < -0.3 is 0 Å². The molecule has 6 nitrogen and oxygen atoms in total. The molecule has 25 heavy (non-hydrogen) atoms. The van der Waals surface area contributed by atoms with Crippen LogP contribution in [0.4, 0.5) is 0 Å². The fraction of sp³-hybridized carbons (Fsp3) is 0.0588. The van der Waals surface area contributed by atoms with E-state index in [4.69, 9.17) is 23.2 Å². The molecule has 1 N–H and O–H groups in total. The van der Waals surface area contributed by atoms with Crippen LogP contribution in [0.15, 0.2) is 52.5 Å². The molecule has 0 radical (unpaired) electrons. The van der Waals surface area contributed by atoms with Crippen molar-refractivity contribution in [3.05, 3.63) is 79.8 Å². The fourth-order valence-electron chi connectivity index (χ4n) is 2.16. The lowest BCUT2D eigenvalue weighted by Gasteiger charge is -2.04. The zero-order valence-corrected chi connectivity index (χ0v) is 14.5. The predicted octanol–water partition coefficient (Wildman–Crippen LogP) is 3.07. The summed E-state index contributed by atoms with van der Waals surface area (Å²) in [6.07, 6.45) is 2.84. The average Bonchev–Trinajstić information content (AvgIpc) is 2.59. The van der Waals surface area contributed by atoms with E-state index in [-0.39, 0.29) is 16.3 Å². The summed E-state index contributed by atoms with van der Waals surface area (Å²) in [6, 6.07) is 9.85. The number of amides is 1. The van der Waals surface area contributed by atoms with Gasteiger partial charge >= 0.3 is 0 Å². The maximum atomic E-state index is 12.5. The molecule has 0 atom stereocenters. The number of halogens is 2. The van der Waals surface area contributed by atoms with E-state index in [1.54, 1.807) is 36.5 Å². The van der Waals surface area contributed by atoms with Gasteiger partial charge in [0.2, 0.25) is 0 Å². The molecule has 8 heteroatoms. The van der Waals surface area contributed by atoms with Crippen LogP contribution < -0.4 is 11.0 Å². The molecular weight excluding hydrogens is 363 g/mol. The normalized spacial score (nSPS) is 11.2. The zero-order valence-electron chi connectivity index (χ0n) is 13.0. The molecule has 0 aliphatic rings. The molecule has 0 aliphatic heterocycles. The lowest BCUT2D eigenvalue weighted by molar-refractivity contribution is 0.0955. The predicted molar refractivity (Wildman–Crippen MR) is 97.7 cm³/mol. The molecule has 0 spiro atoms. The minimum Gasteiger partial charge on any atom is -0.268 e. The summed E-state index contributed by atoms with van der Waals surface area (Å²) in [7, 11) is 0. The second kappa shape index (κ2) is 7.04. The highest BCUT2D eigenvalue weighted by Crippen LogP contribution is 2.11. The quantitative estimate of drug-likeness (QED) is 0.434. The molecule has 126 valence electrons. The number of fused-ring (bicyclic) bond motifs is 1. The first-order chi connectivity index (χ1) is 12.0. The Morgan fingerprint density at radius 1 is 1.20 bits per heavy atom. The van der Waals surface area contributed by atoms with Gasteiger partial charge in [-0.15, -0.1) is 0 Å². The molecule has 2 aromatic heterocycles. The van der Waals surface area contributed by atoms with Crippen molar-refractivity contribution >= 4 is 41.0 Å². The molecule has 0 aliphatic carbocycles. The van der Waals surface area contributed by atoms with E-state index in [2.05, 4.69) is 15.5 Å². The number of hydrogen-bond donors (Lipinski definition) is 1. The van der Waals surface area contributed by atoms with Crippen LogP contribution in [0.2, 0.25) is 10.2 Å². The standard InChI is InChI=1S/C17H12Cl2N4O2/c1-10-2-7-14-21-15(19)13(17(25)23(14)9-10)8-20-22-16(24)11-3-5-12(18)6-4-11/h2-9H,1H3,(H,22,24)/b20-8+. The number of aryl methyl sites for hydroxylation is 1. The minimum atomic E-state index is -0.436. The van der Waals surface area contributed by atoms with Gasteiger partial charge in [0.05, 0.1) is 11.8 Å². The highest BCUT2D eigenvalue weighted by atomic mass is 35.5. The van der Waals surface area contributed by atoms with Crippen molar-refractivity contribution in [3.8, 4) is 0 Å². The van der Waals surface area contributed by atoms with Gasteiger partial charge in [-0.05, 0) is 42.8 Å². The number of carbonyl (C=O) groups excluding carboxylic acids is 1. The zero-order chi connectivity index (χ0) is 18.0. The Labute approximate surface area is 152 Å². The monoisotopic (exact) mass is 374 g/mol. The third kappa shape index (κ3) is 3.70. The van der Waals surface area contributed by atoms with E-state index in [1.165, 1.54) is 10.6 Å². The Balaban J connectivity index is 1.87. The molecule has 0 bridgehead atoms. The Morgan fingerprint density at radius 2 is 1.92 bits per heavy atom. The van der Waals surface area contributed by atoms with Gasteiger partial charge in [-0.1, -0.05) is 29.3 Å². The SMILES string of the molecule is Cc1ccc2nc(Cl)c(/C=N/NC(=O)c3ccc(Cl)cc3)c(=O)n2c1. The van der Waals surface area contributed by atoms with Crippen LogP contribution in [0.1, 0.15) is 21.5 Å². The number of carbonyl (C=O) groups is 1. The van der Waals surface area contributed by atoms with Crippen LogP contribution >= 0.6 is 23.2 Å². The van der Waals surface area contributed by atoms with Crippen molar-refractivity contribution in [3.63, 3.8) is 0 Å². The van der Waals surface area contributed by atoms with Crippen LogP contribution in [0.5, 0.6) is 0 Å². The molecular formula is C17H12Cl2N4O2. The number of rotatable bonds is 3. The van der Waals surface area contributed by atoms with Crippen molar-refractivity contribution in [1.82, 2.24) is 14.8 Å². The van der Waals surface area contributed by atoms with Gasteiger partial charge in [0.15, 0.2) is 0 Å². The van der Waals surface area contributed by atoms with Gasteiger partial charge in [0, 0.05) is 16.8 Å². The smallest absolute Gasteiger partial charge is 0.268 e. The van der Waals surface area contributed by atoms with Crippen LogP contribution in [0.25, 0.3) is 5.65 Å². The summed E-state index contributed by atoms with van der Waals surface area (Å²) in [5.41, 5.74) is 3.77. The molecule has 1 amide bonds. The van der Waals surface area contributed by atoms with Gasteiger partial charge in [-0.3, -0.25) is 14.0 Å². The third-order valence-corrected chi connectivity index (χ3v) is 3.97. The van der Waals surface area contributed by atoms with Crippen molar-refractivity contribution in [2.45, 2.75) is 6.92 Å². The molecule has 0 unspecified atom stereocenters. The van der Waals surface area contributed by atoms with Crippen molar-refractivity contribution in [1.29, 1.82) is 0 Å². The first-order valence-electron chi connectivity index (χ1n) is 7.23. The topological polar surface area (TPSA) is 75.8 Å². The number of nitrogens with zero attached hydrogens (tertiary/aromatic N) is 3. The number of pyridine rings is 1. The maximum absolute atomic E-state index is 12.5. The number of nitrogens with one attached hydrogen (secondary N) is 1. The largest absolute Gasteiger partial charge is 0.271 e. The van der Waals surface area contributed by atoms with Crippen molar-refractivity contribution < 1.29 is 4.79 Å². The summed E-state index contributed by atoms with van der Waals surface area (Å²) in [5, 5.41) is 4.33. The fourth-order valence-corrected chi connectivity index (χ4v) is 2.50. The van der Waals surface area contributed by atoms with Crippen molar-refractivity contribution in [2.24, 2.45) is 5.10 Å². The molecule has 0 saturated heterocycles. The summed E-state index contributed by atoms with van der Waals surface area (Å²) in [5.74, 6) is -0.436. The van der Waals surface area contributed by atoms with Crippen LogP contribution in [-0.4, -0.2) is 21.5 Å². The molecule has 0 fully saturated rings.